The fraction of sp³-hybridized carbons (Fsp3) is 0.143. The van der Waals surface area contributed by atoms with Crippen LogP contribution in [0.2, 0.25) is 5.02 Å². The number of benzene rings is 1. The number of Topliss-reactive ketones (excluding diaryl/α,β-unsaturated/α-hetero) is 1. The monoisotopic (exact) mass is 260 g/mol. The predicted molar refractivity (Wildman–Crippen MR) is 72.9 cm³/mol. The van der Waals surface area contributed by atoms with Gasteiger partial charge in [0.15, 0.2) is 5.78 Å². The van der Waals surface area contributed by atoms with E-state index in [4.69, 9.17) is 17.3 Å². The minimum Gasteiger partial charge on any atom is -0.399 e. The van der Waals surface area contributed by atoms with Crippen LogP contribution in [0.3, 0.4) is 0 Å². The van der Waals surface area contributed by atoms with Crippen molar-refractivity contribution in [3.63, 3.8) is 0 Å². The molecule has 0 atom stereocenters. The molecule has 0 aliphatic rings. The summed E-state index contributed by atoms with van der Waals surface area (Å²) < 4.78 is 0. The highest BCUT2D eigenvalue weighted by Crippen LogP contribution is 2.21. The van der Waals surface area contributed by atoms with E-state index in [0.29, 0.717) is 16.4 Å². The number of nitrogens with zero attached hydrogens (tertiary/aromatic N) is 1. The summed E-state index contributed by atoms with van der Waals surface area (Å²) in [4.78, 5) is 16.2. The second-order valence-electron chi connectivity index (χ2n) is 4.12. The van der Waals surface area contributed by atoms with Crippen molar-refractivity contribution in [1.29, 1.82) is 0 Å². The van der Waals surface area contributed by atoms with Crippen LogP contribution in [0.5, 0.6) is 0 Å². The largest absolute Gasteiger partial charge is 0.399 e. The summed E-state index contributed by atoms with van der Waals surface area (Å²) in [7, 11) is 0. The first-order valence-corrected chi connectivity index (χ1v) is 5.94. The molecule has 0 fully saturated rings. The molecular weight excluding hydrogens is 248 g/mol. The zero-order chi connectivity index (χ0) is 13.1. The SMILES string of the molecule is Cc1cccnc1C(=O)Cc1ccc(N)cc1Cl. The van der Waals surface area contributed by atoms with Crippen molar-refractivity contribution in [3.8, 4) is 0 Å². The number of hydrogen-bond donors (Lipinski definition) is 1. The first-order chi connectivity index (χ1) is 8.58. The number of anilines is 1. The lowest BCUT2D eigenvalue weighted by Gasteiger charge is -2.06. The fourth-order valence-corrected chi connectivity index (χ4v) is 2.00. The molecule has 92 valence electrons. The van der Waals surface area contributed by atoms with E-state index < -0.39 is 0 Å². The molecule has 0 saturated heterocycles. The van der Waals surface area contributed by atoms with E-state index in [2.05, 4.69) is 4.98 Å². The van der Waals surface area contributed by atoms with E-state index in [1.165, 1.54) is 0 Å². The zero-order valence-corrected chi connectivity index (χ0v) is 10.7. The molecule has 0 radical (unpaired) electrons. The third-order valence-corrected chi connectivity index (χ3v) is 3.05. The Morgan fingerprint density at radius 1 is 1.39 bits per heavy atom. The Labute approximate surface area is 111 Å². The fourth-order valence-electron chi connectivity index (χ4n) is 1.74. The van der Waals surface area contributed by atoms with Crippen LogP contribution in [-0.4, -0.2) is 10.8 Å². The van der Waals surface area contributed by atoms with Gasteiger partial charge in [0.2, 0.25) is 0 Å². The van der Waals surface area contributed by atoms with Crippen molar-refractivity contribution in [2.75, 3.05) is 5.73 Å². The summed E-state index contributed by atoms with van der Waals surface area (Å²) in [6, 6.07) is 8.83. The van der Waals surface area contributed by atoms with Crippen LogP contribution in [0.4, 0.5) is 5.69 Å². The van der Waals surface area contributed by atoms with Crippen LogP contribution in [-0.2, 0) is 6.42 Å². The maximum Gasteiger partial charge on any atom is 0.185 e. The second-order valence-corrected chi connectivity index (χ2v) is 4.53. The van der Waals surface area contributed by atoms with Gasteiger partial charge in [-0.05, 0) is 36.2 Å². The Bertz CT molecular complexity index is 596. The average Bonchev–Trinajstić information content (AvgIpc) is 2.33. The van der Waals surface area contributed by atoms with Crippen molar-refractivity contribution >= 4 is 23.1 Å². The second kappa shape index (κ2) is 5.19. The van der Waals surface area contributed by atoms with Crippen LogP contribution in [0.1, 0.15) is 21.6 Å². The van der Waals surface area contributed by atoms with Gasteiger partial charge in [0.05, 0.1) is 0 Å². The van der Waals surface area contributed by atoms with Crippen molar-refractivity contribution < 1.29 is 4.79 Å². The number of pyridine rings is 1. The van der Waals surface area contributed by atoms with Crippen molar-refractivity contribution in [2.24, 2.45) is 0 Å². The molecule has 1 aromatic heterocycles. The molecular formula is C14H13ClN2O. The van der Waals surface area contributed by atoms with E-state index in [1.54, 1.807) is 24.4 Å². The van der Waals surface area contributed by atoms with Crippen LogP contribution in [0.25, 0.3) is 0 Å². The van der Waals surface area contributed by atoms with Gasteiger partial charge in [-0.25, -0.2) is 0 Å². The number of carbonyl (C=O) groups excluding carboxylic acids is 1. The number of aryl methyl sites for hydroxylation is 1. The quantitative estimate of drug-likeness (QED) is 0.682. The first kappa shape index (κ1) is 12.6. The Kier molecular flexibility index (Phi) is 3.63. The highest BCUT2D eigenvalue weighted by Gasteiger charge is 2.12. The third kappa shape index (κ3) is 2.68. The van der Waals surface area contributed by atoms with Crippen molar-refractivity contribution in [2.45, 2.75) is 13.3 Å². The van der Waals surface area contributed by atoms with E-state index >= 15 is 0 Å². The average molecular weight is 261 g/mol. The molecule has 3 nitrogen and oxygen atoms in total. The molecule has 0 bridgehead atoms. The van der Waals surface area contributed by atoms with E-state index in [-0.39, 0.29) is 12.2 Å². The highest BCUT2D eigenvalue weighted by atomic mass is 35.5. The number of aromatic nitrogens is 1. The standard InChI is InChI=1S/C14H13ClN2O/c1-9-3-2-6-17-14(9)13(18)7-10-4-5-11(16)8-12(10)15/h2-6,8H,7,16H2,1H3. The molecule has 2 N–H and O–H groups in total. The first-order valence-electron chi connectivity index (χ1n) is 5.56. The van der Waals surface area contributed by atoms with Gasteiger partial charge in [-0.2, -0.15) is 0 Å². The van der Waals surface area contributed by atoms with Crippen LogP contribution < -0.4 is 5.73 Å². The number of hydrogen-bond acceptors (Lipinski definition) is 3. The molecule has 2 rings (SSSR count). The number of ketones is 1. The normalized spacial score (nSPS) is 10.3. The molecule has 1 heterocycles. The minimum atomic E-state index is -0.0419. The molecule has 0 unspecified atom stereocenters. The molecule has 0 amide bonds. The van der Waals surface area contributed by atoms with Gasteiger partial charge in [0.25, 0.3) is 0 Å². The molecule has 0 aliphatic heterocycles. The molecule has 2 aromatic rings. The number of nitrogen functional groups attached to an aromatic ring is 1. The predicted octanol–water partition coefficient (Wildman–Crippen LogP) is 3.05. The summed E-state index contributed by atoms with van der Waals surface area (Å²) in [5.41, 5.74) is 8.33. The maximum absolute atomic E-state index is 12.1. The van der Waals surface area contributed by atoms with Gasteiger partial charge in [0, 0.05) is 23.3 Å². The molecule has 0 saturated carbocycles. The van der Waals surface area contributed by atoms with Gasteiger partial charge in [-0.1, -0.05) is 23.7 Å². The highest BCUT2D eigenvalue weighted by molar-refractivity contribution is 6.31. The number of rotatable bonds is 3. The molecule has 1 aromatic carbocycles. The molecule has 0 spiro atoms. The van der Waals surface area contributed by atoms with Gasteiger partial charge < -0.3 is 5.73 Å². The molecule has 4 heteroatoms. The summed E-state index contributed by atoms with van der Waals surface area (Å²) in [5.74, 6) is -0.0419. The maximum atomic E-state index is 12.1. The van der Waals surface area contributed by atoms with E-state index in [0.717, 1.165) is 11.1 Å². The molecule has 18 heavy (non-hydrogen) atoms. The summed E-state index contributed by atoms with van der Waals surface area (Å²) in [6.07, 6.45) is 1.85. The third-order valence-electron chi connectivity index (χ3n) is 2.70. The topological polar surface area (TPSA) is 56.0 Å². The Morgan fingerprint density at radius 2 is 2.17 bits per heavy atom. The summed E-state index contributed by atoms with van der Waals surface area (Å²) in [6.45, 7) is 1.87. The van der Waals surface area contributed by atoms with E-state index in [9.17, 15) is 4.79 Å². The van der Waals surface area contributed by atoms with Crippen LogP contribution >= 0.6 is 11.6 Å². The number of halogens is 1. The Balaban J connectivity index is 2.24. The Morgan fingerprint density at radius 3 is 2.83 bits per heavy atom. The van der Waals surface area contributed by atoms with Crippen LogP contribution in [0, 0.1) is 6.92 Å². The van der Waals surface area contributed by atoms with Gasteiger partial charge >= 0.3 is 0 Å². The molecule has 0 aliphatic carbocycles. The Hall–Kier alpha value is -1.87. The van der Waals surface area contributed by atoms with E-state index in [1.807, 2.05) is 19.1 Å². The summed E-state index contributed by atoms with van der Waals surface area (Å²) in [5, 5.41) is 0.511. The van der Waals surface area contributed by atoms with Crippen LogP contribution in [0.15, 0.2) is 36.5 Å². The summed E-state index contributed by atoms with van der Waals surface area (Å²) >= 11 is 6.05. The lowest BCUT2D eigenvalue weighted by Crippen LogP contribution is -2.08. The van der Waals surface area contributed by atoms with Crippen molar-refractivity contribution in [1.82, 2.24) is 4.98 Å². The zero-order valence-electron chi connectivity index (χ0n) is 9.98. The number of carbonyl (C=O) groups is 1. The lowest BCUT2D eigenvalue weighted by molar-refractivity contribution is 0.0987. The van der Waals surface area contributed by atoms with Gasteiger partial charge in [-0.3, -0.25) is 9.78 Å². The van der Waals surface area contributed by atoms with Gasteiger partial charge in [0.1, 0.15) is 5.69 Å². The van der Waals surface area contributed by atoms with Gasteiger partial charge in [-0.15, -0.1) is 0 Å². The minimum absolute atomic E-state index is 0.0419. The number of nitrogens with two attached hydrogens (primary N) is 1. The smallest absolute Gasteiger partial charge is 0.185 e. The lowest BCUT2D eigenvalue weighted by atomic mass is 10.0. The van der Waals surface area contributed by atoms with Crippen molar-refractivity contribution in [3.05, 3.63) is 58.4 Å².